The van der Waals surface area contributed by atoms with E-state index in [1.54, 1.807) is 19.1 Å². The maximum absolute atomic E-state index is 13.1. The first-order chi connectivity index (χ1) is 15.7. The number of nitrogens with one attached hydrogen (secondary N) is 1. The van der Waals surface area contributed by atoms with E-state index in [2.05, 4.69) is 16.3 Å². The third-order valence-electron chi connectivity index (χ3n) is 6.07. The van der Waals surface area contributed by atoms with E-state index in [-0.39, 0.29) is 5.91 Å². The average molecular weight is 474 g/mol. The first-order valence-corrected chi connectivity index (χ1v) is 13.3. The fourth-order valence-electron chi connectivity index (χ4n) is 4.33. The summed E-state index contributed by atoms with van der Waals surface area (Å²) in [6.07, 6.45) is 4.83. The molecule has 1 saturated heterocycles. The average Bonchev–Trinajstić information content (AvgIpc) is 2.78. The van der Waals surface area contributed by atoms with Gasteiger partial charge in [0.05, 0.1) is 19.1 Å². The molecule has 0 aromatic heterocycles. The molecule has 1 amide bonds. The second-order valence-electron chi connectivity index (χ2n) is 8.73. The summed E-state index contributed by atoms with van der Waals surface area (Å²) >= 11 is 0. The van der Waals surface area contributed by atoms with E-state index < -0.39 is 16.1 Å². The van der Waals surface area contributed by atoms with Gasteiger partial charge in [0.1, 0.15) is 11.8 Å². The summed E-state index contributed by atoms with van der Waals surface area (Å²) in [6.45, 7) is 6.86. The van der Waals surface area contributed by atoms with Crippen molar-refractivity contribution in [3.63, 3.8) is 0 Å². The predicted octanol–water partition coefficient (Wildman–Crippen LogP) is 3.46. The smallest absolute Gasteiger partial charge is 0.243 e. The molecule has 0 bridgehead atoms. The van der Waals surface area contributed by atoms with Crippen LogP contribution in [0.4, 0.5) is 5.69 Å². The van der Waals surface area contributed by atoms with E-state index in [9.17, 15) is 13.2 Å². The summed E-state index contributed by atoms with van der Waals surface area (Å²) < 4.78 is 31.9. The molecule has 0 unspecified atom stereocenters. The number of piperidine rings is 1. The molecular weight excluding hydrogens is 438 g/mol. The Morgan fingerprint density at radius 3 is 2.42 bits per heavy atom. The molecule has 2 aromatic carbocycles. The van der Waals surface area contributed by atoms with Crippen molar-refractivity contribution >= 4 is 21.6 Å². The van der Waals surface area contributed by atoms with Crippen molar-refractivity contribution in [1.29, 1.82) is 0 Å². The largest absolute Gasteiger partial charge is 0.495 e. The summed E-state index contributed by atoms with van der Waals surface area (Å²) in [5.74, 6) is 0.0364. The van der Waals surface area contributed by atoms with Crippen molar-refractivity contribution in [2.45, 2.75) is 52.2 Å². The van der Waals surface area contributed by atoms with E-state index in [1.807, 2.05) is 31.2 Å². The maximum Gasteiger partial charge on any atom is 0.243 e. The van der Waals surface area contributed by atoms with E-state index >= 15 is 0 Å². The SMILES string of the molecule is COc1ccc(C)cc1N([C@@H](C)C(=O)NCc1ccccc1CN1CCCCC1)S(C)(=O)=O. The van der Waals surface area contributed by atoms with Crippen LogP contribution < -0.4 is 14.4 Å². The summed E-state index contributed by atoms with van der Waals surface area (Å²) in [4.78, 5) is 15.5. The Bertz CT molecular complexity index is 1070. The highest BCUT2D eigenvalue weighted by atomic mass is 32.2. The van der Waals surface area contributed by atoms with Crippen LogP contribution in [0, 0.1) is 6.92 Å². The van der Waals surface area contributed by atoms with Gasteiger partial charge in [-0.1, -0.05) is 36.8 Å². The van der Waals surface area contributed by atoms with Gasteiger partial charge in [-0.25, -0.2) is 8.42 Å². The minimum atomic E-state index is -3.74. The number of carbonyl (C=O) groups excluding carboxylic acids is 1. The highest BCUT2D eigenvalue weighted by Crippen LogP contribution is 2.32. The van der Waals surface area contributed by atoms with Crippen LogP contribution in [0.15, 0.2) is 42.5 Å². The third kappa shape index (κ3) is 6.48. The summed E-state index contributed by atoms with van der Waals surface area (Å²) in [6, 6.07) is 12.4. The van der Waals surface area contributed by atoms with E-state index in [0.29, 0.717) is 18.0 Å². The number of nitrogens with zero attached hydrogens (tertiary/aromatic N) is 2. The lowest BCUT2D eigenvalue weighted by molar-refractivity contribution is -0.122. The molecule has 1 aliphatic heterocycles. The molecule has 0 spiro atoms. The predicted molar refractivity (Wildman–Crippen MR) is 132 cm³/mol. The quantitative estimate of drug-likeness (QED) is 0.603. The molecule has 2 aromatic rings. The number of amides is 1. The van der Waals surface area contributed by atoms with Gasteiger partial charge in [-0.3, -0.25) is 14.0 Å². The van der Waals surface area contributed by atoms with Crippen molar-refractivity contribution in [3.05, 3.63) is 59.2 Å². The van der Waals surface area contributed by atoms with Crippen molar-refractivity contribution in [2.24, 2.45) is 0 Å². The van der Waals surface area contributed by atoms with Gasteiger partial charge in [0.2, 0.25) is 15.9 Å². The van der Waals surface area contributed by atoms with Gasteiger partial charge in [0, 0.05) is 13.1 Å². The zero-order valence-corrected chi connectivity index (χ0v) is 20.8. The Morgan fingerprint density at radius 2 is 1.79 bits per heavy atom. The molecule has 7 nitrogen and oxygen atoms in total. The van der Waals surface area contributed by atoms with Crippen LogP contribution in [0.3, 0.4) is 0 Å². The number of anilines is 1. The van der Waals surface area contributed by atoms with Crippen molar-refractivity contribution in [3.8, 4) is 5.75 Å². The number of hydrogen-bond donors (Lipinski definition) is 1. The number of benzene rings is 2. The summed E-state index contributed by atoms with van der Waals surface area (Å²) in [5, 5.41) is 2.95. The minimum Gasteiger partial charge on any atom is -0.495 e. The van der Waals surface area contributed by atoms with E-state index in [0.717, 1.165) is 41.3 Å². The molecule has 1 aliphatic rings. The second kappa shape index (κ2) is 11.0. The lowest BCUT2D eigenvalue weighted by Crippen LogP contribution is -2.47. The Balaban J connectivity index is 1.76. The Morgan fingerprint density at radius 1 is 1.12 bits per heavy atom. The fourth-order valence-corrected chi connectivity index (χ4v) is 5.50. The number of hydrogen-bond acceptors (Lipinski definition) is 5. The monoisotopic (exact) mass is 473 g/mol. The van der Waals surface area contributed by atoms with Gasteiger partial charge in [-0.05, 0) is 68.6 Å². The normalized spacial score (nSPS) is 15.6. The third-order valence-corrected chi connectivity index (χ3v) is 7.30. The van der Waals surface area contributed by atoms with E-state index in [1.165, 1.54) is 31.9 Å². The summed E-state index contributed by atoms with van der Waals surface area (Å²) in [5.41, 5.74) is 3.46. The minimum absolute atomic E-state index is 0.343. The molecule has 3 rings (SSSR count). The summed E-state index contributed by atoms with van der Waals surface area (Å²) in [7, 11) is -2.25. The van der Waals surface area contributed by atoms with Gasteiger partial charge >= 0.3 is 0 Å². The molecule has 1 heterocycles. The number of methoxy groups -OCH3 is 1. The van der Waals surface area contributed by atoms with Crippen LogP contribution >= 0.6 is 0 Å². The van der Waals surface area contributed by atoms with Crippen molar-refractivity contribution in [1.82, 2.24) is 10.2 Å². The lowest BCUT2D eigenvalue weighted by Gasteiger charge is -2.30. The van der Waals surface area contributed by atoms with Gasteiger partial charge in [0.15, 0.2) is 0 Å². The Kier molecular flexibility index (Phi) is 8.37. The first kappa shape index (κ1) is 25.1. The second-order valence-corrected chi connectivity index (χ2v) is 10.6. The number of likely N-dealkylation sites (tertiary alicyclic amines) is 1. The molecule has 8 heteroatoms. The number of sulfonamides is 1. The topological polar surface area (TPSA) is 79.0 Å². The van der Waals surface area contributed by atoms with Crippen LogP contribution in [0.5, 0.6) is 5.75 Å². The lowest BCUT2D eigenvalue weighted by atomic mass is 10.0. The Labute approximate surface area is 197 Å². The number of aryl methyl sites for hydroxylation is 1. The van der Waals surface area contributed by atoms with Crippen LogP contribution in [-0.2, 0) is 27.9 Å². The highest BCUT2D eigenvalue weighted by molar-refractivity contribution is 7.92. The molecule has 1 N–H and O–H groups in total. The van der Waals surface area contributed by atoms with Gasteiger partial charge in [-0.15, -0.1) is 0 Å². The Hall–Kier alpha value is -2.58. The zero-order chi connectivity index (χ0) is 24.0. The molecular formula is C25H35N3O4S. The number of carbonyl (C=O) groups is 1. The van der Waals surface area contributed by atoms with Gasteiger partial charge < -0.3 is 10.1 Å². The standard InChI is InChI=1S/C25H35N3O4S/c1-19-12-13-24(32-3)23(16-19)28(33(4,30)31)20(2)25(29)26-17-21-10-6-7-11-22(21)18-27-14-8-5-9-15-27/h6-7,10-13,16,20H,5,8-9,14-15,17-18H2,1-4H3,(H,26,29)/t20-/m0/s1. The molecule has 1 atom stereocenters. The first-order valence-electron chi connectivity index (χ1n) is 11.4. The zero-order valence-electron chi connectivity index (χ0n) is 20.0. The van der Waals surface area contributed by atoms with Crippen LogP contribution in [0.25, 0.3) is 0 Å². The molecule has 0 radical (unpaired) electrons. The molecule has 0 saturated carbocycles. The highest BCUT2D eigenvalue weighted by Gasteiger charge is 2.31. The van der Waals surface area contributed by atoms with Crippen LogP contribution in [0.2, 0.25) is 0 Å². The molecule has 1 fully saturated rings. The molecule has 0 aliphatic carbocycles. The number of rotatable bonds is 9. The van der Waals surface area contributed by atoms with Crippen molar-refractivity contribution in [2.75, 3.05) is 30.8 Å². The fraction of sp³-hybridized carbons (Fsp3) is 0.480. The maximum atomic E-state index is 13.1. The molecule has 180 valence electrons. The van der Waals surface area contributed by atoms with Crippen molar-refractivity contribution < 1.29 is 17.9 Å². The molecule has 33 heavy (non-hydrogen) atoms. The van der Waals surface area contributed by atoms with Crippen LogP contribution in [0.1, 0.15) is 42.9 Å². The van der Waals surface area contributed by atoms with E-state index in [4.69, 9.17) is 4.74 Å². The van der Waals surface area contributed by atoms with Gasteiger partial charge in [0.25, 0.3) is 0 Å². The number of ether oxygens (including phenoxy) is 1. The van der Waals surface area contributed by atoms with Gasteiger partial charge in [-0.2, -0.15) is 0 Å². The van der Waals surface area contributed by atoms with Crippen LogP contribution in [-0.4, -0.2) is 51.7 Å².